The first-order valence-corrected chi connectivity index (χ1v) is 11.4. The molecule has 1 aromatic heterocycles. The van der Waals surface area contributed by atoms with Gasteiger partial charge in [-0.25, -0.2) is 4.79 Å². The first kappa shape index (κ1) is 24.0. The van der Waals surface area contributed by atoms with E-state index < -0.39 is 35.1 Å². The van der Waals surface area contributed by atoms with Crippen LogP contribution in [-0.4, -0.2) is 47.1 Å². The van der Waals surface area contributed by atoms with Gasteiger partial charge in [0.1, 0.15) is 17.8 Å². The zero-order valence-electron chi connectivity index (χ0n) is 19.8. The molecule has 2 N–H and O–H groups in total. The van der Waals surface area contributed by atoms with Crippen LogP contribution in [0, 0.1) is 17.2 Å². The number of amides is 3. The van der Waals surface area contributed by atoms with Crippen molar-refractivity contribution in [1.29, 1.82) is 5.26 Å². The van der Waals surface area contributed by atoms with Crippen LogP contribution in [0.5, 0.6) is 0 Å². The van der Waals surface area contributed by atoms with Crippen molar-refractivity contribution in [2.24, 2.45) is 5.92 Å². The number of anilines is 2. The molecule has 0 unspecified atom stereocenters. The highest BCUT2D eigenvalue weighted by Gasteiger charge is 2.56. The molecule has 2 aliphatic heterocycles. The third-order valence-electron chi connectivity index (χ3n) is 6.63. The lowest BCUT2D eigenvalue weighted by molar-refractivity contribution is -0.135. The van der Waals surface area contributed by atoms with E-state index in [0.29, 0.717) is 12.1 Å². The van der Waals surface area contributed by atoms with E-state index in [2.05, 4.69) is 21.4 Å². The molecule has 0 radical (unpaired) electrons. The van der Waals surface area contributed by atoms with Crippen molar-refractivity contribution < 1.29 is 19.1 Å². The van der Waals surface area contributed by atoms with Crippen molar-refractivity contribution in [3.05, 3.63) is 58.5 Å². The van der Waals surface area contributed by atoms with Crippen molar-refractivity contribution in [1.82, 2.24) is 9.47 Å². The summed E-state index contributed by atoms with van der Waals surface area (Å²) in [5.41, 5.74) is -0.167. The molecule has 2 aliphatic rings. The van der Waals surface area contributed by atoms with Crippen LogP contribution in [0.1, 0.15) is 38.3 Å². The highest BCUT2D eigenvalue weighted by Crippen LogP contribution is 2.46. The minimum absolute atomic E-state index is 0.0280. The number of methoxy groups -OCH3 is 1. The summed E-state index contributed by atoms with van der Waals surface area (Å²) in [4.78, 5) is 53.2. The Morgan fingerprint density at radius 2 is 2.00 bits per heavy atom. The summed E-state index contributed by atoms with van der Waals surface area (Å²) in [6.45, 7) is 3.89. The van der Waals surface area contributed by atoms with Crippen LogP contribution >= 0.6 is 0 Å². The van der Waals surface area contributed by atoms with Gasteiger partial charge in [0.05, 0.1) is 18.6 Å². The normalized spacial score (nSPS) is 21.4. The topological polar surface area (TPSA) is 134 Å². The molecule has 3 amide bonds. The van der Waals surface area contributed by atoms with Crippen LogP contribution in [0.25, 0.3) is 0 Å². The van der Waals surface area contributed by atoms with Gasteiger partial charge in [0, 0.05) is 24.8 Å². The van der Waals surface area contributed by atoms with Crippen molar-refractivity contribution in [2.45, 2.75) is 44.2 Å². The van der Waals surface area contributed by atoms with E-state index in [1.807, 2.05) is 32.0 Å². The van der Waals surface area contributed by atoms with Crippen LogP contribution in [0.3, 0.4) is 0 Å². The average Bonchev–Trinajstić information content (AvgIpc) is 3.36. The minimum atomic E-state index is -1.02. The van der Waals surface area contributed by atoms with Crippen LogP contribution in [0.4, 0.5) is 16.2 Å². The molecule has 0 bridgehead atoms. The summed E-state index contributed by atoms with van der Waals surface area (Å²) in [6, 6.07) is 10.7. The molecule has 3 atom stereocenters. The van der Waals surface area contributed by atoms with E-state index in [0.717, 1.165) is 5.56 Å². The number of nitrogens with zero attached hydrogens (tertiary/aromatic N) is 3. The summed E-state index contributed by atoms with van der Waals surface area (Å²) in [7, 11) is 1.18. The number of aromatic nitrogens is 1. The van der Waals surface area contributed by atoms with Gasteiger partial charge >= 0.3 is 6.09 Å². The van der Waals surface area contributed by atoms with Crippen LogP contribution < -0.4 is 16.2 Å². The Hall–Kier alpha value is -4.13. The number of carbonyl (C=O) groups is 3. The average molecular weight is 478 g/mol. The van der Waals surface area contributed by atoms with Crippen LogP contribution in [0.15, 0.2) is 47.4 Å². The Morgan fingerprint density at radius 1 is 1.26 bits per heavy atom. The van der Waals surface area contributed by atoms with Gasteiger partial charge in [0.25, 0.3) is 5.56 Å². The number of hydrogen-bond donors (Lipinski definition) is 2. The van der Waals surface area contributed by atoms with Gasteiger partial charge in [-0.05, 0) is 36.1 Å². The molecule has 1 saturated heterocycles. The van der Waals surface area contributed by atoms with Crippen molar-refractivity contribution in [2.75, 3.05) is 24.3 Å². The predicted molar refractivity (Wildman–Crippen MR) is 128 cm³/mol. The molecule has 3 heterocycles. The number of ether oxygens (including phenoxy) is 1. The van der Waals surface area contributed by atoms with Crippen LogP contribution in [-0.2, 0) is 19.7 Å². The zero-order chi connectivity index (χ0) is 25.3. The molecule has 1 aromatic carbocycles. The van der Waals surface area contributed by atoms with E-state index in [4.69, 9.17) is 0 Å². The van der Waals surface area contributed by atoms with E-state index in [9.17, 15) is 24.4 Å². The zero-order valence-corrected chi connectivity index (χ0v) is 19.8. The molecule has 182 valence electrons. The number of fused-ring (bicyclic) bond motifs is 2. The first-order chi connectivity index (χ1) is 16.7. The van der Waals surface area contributed by atoms with E-state index in [1.165, 1.54) is 28.8 Å². The number of rotatable bonds is 5. The van der Waals surface area contributed by atoms with Gasteiger partial charge in [-0.1, -0.05) is 32.0 Å². The number of carbonyl (C=O) groups excluding carboxylic acids is 3. The highest BCUT2D eigenvalue weighted by atomic mass is 16.5. The van der Waals surface area contributed by atoms with Gasteiger partial charge in [0.15, 0.2) is 0 Å². The lowest BCUT2D eigenvalue weighted by Crippen LogP contribution is -2.45. The molecular formula is C25H27N5O5. The molecule has 10 nitrogen and oxygen atoms in total. The van der Waals surface area contributed by atoms with E-state index in [1.54, 1.807) is 12.1 Å². The van der Waals surface area contributed by atoms with E-state index in [-0.39, 0.29) is 30.5 Å². The van der Waals surface area contributed by atoms with Gasteiger partial charge < -0.3 is 19.5 Å². The quantitative estimate of drug-likeness (QED) is 0.680. The lowest BCUT2D eigenvalue weighted by atomic mass is 9.80. The maximum atomic E-state index is 13.9. The number of likely N-dealkylation sites (tertiary alicyclic amines) is 1. The fourth-order valence-electron chi connectivity index (χ4n) is 4.97. The molecule has 0 saturated carbocycles. The smallest absolute Gasteiger partial charge is 0.411 e. The highest BCUT2D eigenvalue weighted by molar-refractivity contribution is 6.07. The Balaban J connectivity index is 1.72. The Labute approximate surface area is 202 Å². The minimum Gasteiger partial charge on any atom is -0.453 e. The molecule has 0 aliphatic carbocycles. The molecule has 35 heavy (non-hydrogen) atoms. The van der Waals surface area contributed by atoms with E-state index >= 15 is 0 Å². The monoisotopic (exact) mass is 477 g/mol. The second-order valence-corrected chi connectivity index (χ2v) is 9.29. The summed E-state index contributed by atoms with van der Waals surface area (Å²) in [5, 5.41) is 15.2. The van der Waals surface area contributed by atoms with Crippen molar-refractivity contribution in [3.63, 3.8) is 0 Å². The second kappa shape index (κ2) is 9.25. The number of nitriles is 1. The van der Waals surface area contributed by atoms with Crippen molar-refractivity contribution in [3.8, 4) is 6.07 Å². The molecule has 10 heteroatoms. The molecule has 2 aromatic rings. The Bertz CT molecular complexity index is 1280. The van der Waals surface area contributed by atoms with Crippen molar-refractivity contribution >= 4 is 29.3 Å². The largest absolute Gasteiger partial charge is 0.453 e. The Kier molecular flexibility index (Phi) is 6.35. The molecule has 4 rings (SSSR count). The fraction of sp³-hybridized carbons (Fsp3) is 0.400. The fourth-order valence-corrected chi connectivity index (χ4v) is 4.97. The summed E-state index contributed by atoms with van der Waals surface area (Å²) in [6.07, 6.45) is 1.18. The first-order valence-electron chi connectivity index (χ1n) is 11.4. The Morgan fingerprint density at radius 3 is 2.69 bits per heavy atom. The number of benzene rings is 1. The molecule has 1 fully saturated rings. The number of para-hydroxylation sites is 1. The second-order valence-electron chi connectivity index (χ2n) is 9.29. The number of pyridine rings is 1. The maximum absolute atomic E-state index is 13.9. The van der Waals surface area contributed by atoms with Crippen LogP contribution in [0.2, 0.25) is 0 Å². The number of nitrogens with one attached hydrogen (secondary N) is 2. The summed E-state index contributed by atoms with van der Waals surface area (Å²) >= 11 is 0. The number of hydrogen-bond acceptors (Lipinski definition) is 6. The summed E-state index contributed by atoms with van der Waals surface area (Å²) < 4.78 is 5.85. The molecule has 1 spiro atoms. The third kappa shape index (κ3) is 4.14. The lowest BCUT2D eigenvalue weighted by Gasteiger charge is -2.29. The van der Waals surface area contributed by atoms with Gasteiger partial charge in [-0.3, -0.25) is 19.7 Å². The summed E-state index contributed by atoms with van der Waals surface area (Å²) in [5.74, 6) is -0.617. The maximum Gasteiger partial charge on any atom is 0.411 e. The predicted octanol–water partition coefficient (Wildman–Crippen LogP) is 2.63. The standard InChI is InChI=1S/C25H27N5O5/c1-15(2)11-20(29-10-6-9-19(21(29)31)28-24(34)35-3)22(32)30-14-25(12-16(30)13-26)17-7-4-5-8-18(17)27-23(25)33/h4-10,15-16,20H,11-12,14H2,1-3H3,(H,27,33)(H,28,34)/t16-,20-,25-/m0/s1. The third-order valence-corrected chi connectivity index (χ3v) is 6.63. The van der Waals surface area contributed by atoms with Gasteiger partial charge in [0.2, 0.25) is 11.8 Å². The van der Waals surface area contributed by atoms with Gasteiger partial charge in [-0.15, -0.1) is 0 Å². The SMILES string of the molecule is COC(=O)Nc1cccn([C@@H](CC(C)C)C(=O)N2C[C@]3(C[C@H]2C#N)C(=O)Nc2ccccc23)c1=O. The van der Waals surface area contributed by atoms with Gasteiger partial charge in [-0.2, -0.15) is 5.26 Å². The molecular weight excluding hydrogens is 450 g/mol.